The number of ether oxygens (including phenoxy) is 1. The van der Waals surface area contributed by atoms with E-state index in [9.17, 15) is 9.90 Å². The van der Waals surface area contributed by atoms with Crippen LogP contribution in [0.4, 0.5) is 0 Å². The molecule has 88 valence electrons. The van der Waals surface area contributed by atoms with E-state index in [1.807, 2.05) is 20.8 Å². The maximum atomic E-state index is 11.7. The minimum Gasteiger partial charge on any atom is -0.462 e. The second kappa shape index (κ2) is 3.78. The van der Waals surface area contributed by atoms with Gasteiger partial charge in [-0.1, -0.05) is 6.92 Å². The second-order valence-electron chi connectivity index (χ2n) is 5.68. The van der Waals surface area contributed by atoms with Crippen LogP contribution in [0.5, 0.6) is 0 Å². The Labute approximate surface area is 91.8 Å². The van der Waals surface area contributed by atoms with Gasteiger partial charge in [0, 0.05) is 5.92 Å². The summed E-state index contributed by atoms with van der Waals surface area (Å²) in [4.78, 5) is 11.7. The molecule has 3 nitrogen and oxygen atoms in total. The van der Waals surface area contributed by atoms with E-state index in [0.29, 0.717) is 0 Å². The molecule has 3 heteroatoms. The lowest BCUT2D eigenvalue weighted by Gasteiger charge is -2.22. The maximum absolute atomic E-state index is 11.7. The Kier molecular flexibility index (Phi) is 3.15. The molecule has 2 atom stereocenters. The molecule has 1 aliphatic rings. The van der Waals surface area contributed by atoms with Gasteiger partial charge in [0.25, 0.3) is 0 Å². The molecule has 0 saturated heterocycles. The molecule has 2 unspecified atom stereocenters. The van der Waals surface area contributed by atoms with E-state index >= 15 is 0 Å². The first-order valence-electron chi connectivity index (χ1n) is 5.62. The van der Waals surface area contributed by atoms with Gasteiger partial charge in [-0.25, -0.2) is 0 Å². The van der Waals surface area contributed by atoms with Gasteiger partial charge in [0.2, 0.25) is 0 Å². The fourth-order valence-electron chi connectivity index (χ4n) is 1.49. The first-order valence-corrected chi connectivity index (χ1v) is 5.62. The van der Waals surface area contributed by atoms with Crippen LogP contribution in [0.2, 0.25) is 0 Å². The number of carbonyl (C=O) groups excluding carboxylic acids is 1. The van der Waals surface area contributed by atoms with Crippen LogP contribution in [0.1, 0.15) is 47.5 Å². The van der Waals surface area contributed by atoms with E-state index in [1.165, 1.54) is 0 Å². The summed E-state index contributed by atoms with van der Waals surface area (Å²) >= 11 is 0. The molecule has 0 aromatic heterocycles. The van der Waals surface area contributed by atoms with E-state index in [-0.39, 0.29) is 18.0 Å². The van der Waals surface area contributed by atoms with Crippen LogP contribution >= 0.6 is 0 Å². The van der Waals surface area contributed by atoms with Gasteiger partial charge in [-0.3, -0.25) is 4.79 Å². The molecule has 1 rings (SSSR count). The lowest BCUT2D eigenvalue weighted by atomic mass is 9.91. The highest BCUT2D eigenvalue weighted by Crippen LogP contribution is 2.43. The minimum absolute atomic E-state index is 0.0803. The monoisotopic (exact) mass is 214 g/mol. The van der Waals surface area contributed by atoms with Crippen molar-refractivity contribution in [1.29, 1.82) is 0 Å². The summed E-state index contributed by atoms with van der Waals surface area (Å²) in [6.07, 6.45) is 1.48. The fourth-order valence-corrected chi connectivity index (χ4v) is 1.49. The molecule has 0 aromatic rings. The van der Waals surface area contributed by atoms with Gasteiger partial charge in [0.15, 0.2) is 0 Å². The Morgan fingerprint density at radius 3 is 2.27 bits per heavy atom. The van der Waals surface area contributed by atoms with Crippen molar-refractivity contribution in [3.63, 3.8) is 0 Å². The van der Waals surface area contributed by atoms with E-state index in [1.54, 1.807) is 13.8 Å². The first kappa shape index (κ1) is 12.5. The van der Waals surface area contributed by atoms with Crippen molar-refractivity contribution in [2.45, 2.75) is 59.2 Å². The smallest absolute Gasteiger partial charge is 0.311 e. The Hall–Kier alpha value is -0.570. The Bertz CT molecular complexity index is 250. The molecule has 0 spiro atoms. The summed E-state index contributed by atoms with van der Waals surface area (Å²) in [5, 5.41) is 9.71. The van der Waals surface area contributed by atoms with Crippen LogP contribution in [-0.2, 0) is 9.53 Å². The highest BCUT2D eigenvalue weighted by molar-refractivity contribution is 5.76. The van der Waals surface area contributed by atoms with Gasteiger partial charge < -0.3 is 9.84 Å². The van der Waals surface area contributed by atoms with Crippen molar-refractivity contribution in [3.8, 4) is 0 Å². The molecule has 0 aliphatic heterocycles. The third-order valence-corrected chi connectivity index (χ3v) is 3.33. The zero-order valence-corrected chi connectivity index (χ0v) is 10.3. The molecular formula is C12H22O3. The lowest BCUT2D eigenvalue weighted by molar-refractivity contribution is -0.156. The Morgan fingerprint density at radius 1 is 1.40 bits per heavy atom. The number of esters is 1. The van der Waals surface area contributed by atoms with Crippen LogP contribution in [0.15, 0.2) is 0 Å². The van der Waals surface area contributed by atoms with Gasteiger partial charge >= 0.3 is 5.97 Å². The van der Waals surface area contributed by atoms with Gasteiger partial charge in [-0.2, -0.15) is 0 Å². The first-order chi connectivity index (χ1) is 6.68. The van der Waals surface area contributed by atoms with Crippen molar-refractivity contribution in [2.24, 2.45) is 11.3 Å². The van der Waals surface area contributed by atoms with Crippen LogP contribution in [0.3, 0.4) is 0 Å². The molecule has 0 heterocycles. The van der Waals surface area contributed by atoms with Crippen LogP contribution in [0, 0.1) is 11.3 Å². The molecule has 0 aromatic carbocycles. The van der Waals surface area contributed by atoms with E-state index in [4.69, 9.17) is 4.74 Å². The molecule has 1 aliphatic carbocycles. The molecule has 0 amide bonds. The van der Waals surface area contributed by atoms with Crippen molar-refractivity contribution >= 4 is 5.97 Å². The number of rotatable bonds is 4. The van der Waals surface area contributed by atoms with E-state index in [0.717, 1.165) is 12.8 Å². The van der Waals surface area contributed by atoms with Gasteiger partial charge in [0.05, 0.1) is 11.0 Å². The van der Waals surface area contributed by atoms with Gasteiger partial charge in [-0.15, -0.1) is 0 Å². The zero-order valence-electron chi connectivity index (χ0n) is 10.3. The van der Waals surface area contributed by atoms with Crippen LogP contribution in [0.25, 0.3) is 0 Å². The predicted molar refractivity (Wildman–Crippen MR) is 58.4 cm³/mol. The lowest BCUT2D eigenvalue weighted by Crippen LogP contribution is -2.29. The summed E-state index contributed by atoms with van der Waals surface area (Å²) in [5.41, 5.74) is -1.14. The SMILES string of the molecule is CCC(C)(C)C(=O)OC1CC1C(C)(C)O. The molecule has 1 saturated carbocycles. The fraction of sp³-hybridized carbons (Fsp3) is 0.917. The molecular weight excluding hydrogens is 192 g/mol. The van der Waals surface area contributed by atoms with E-state index < -0.39 is 11.0 Å². The molecule has 1 N–H and O–H groups in total. The third kappa shape index (κ3) is 2.94. The number of aliphatic hydroxyl groups is 1. The highest BCUT2D eigenvalue weighted by Gasteiger charge is 2.50. The Morgan fingerprint density at radius 2 is 1.93 bits per heavy atom. The van der Waals surface area contributed by atoms with Crippen LogP contribution in [-0.4, -0.2) is 22.8 Å². The van der Waals surface area contributed by atoms with Crippen LogP contribution < -0.4 is 0 Å². The number of carbonyl (C=O) groups is 1. The van der Waals surface area contributed by atoms with Crippen molar-refractivity contribution < 1.29 is 14.6 Å². The summed E-state index contributed by atoms with van der Waals surface area (Å²) in [6, 6.07) is 0. The third-order valence-electron chi connectivity index (χ3n) is 3.33. The Balaban J connectivity index is 2.44. The number of hydrogen-bond acceptors (Lipinski definition) is 3. The van der Waals surface area contributed by atoms with Crippen molar-refractivity contribution in [2.75, 3.05) is 0 Å². The average molecular weight is 214 g/mol. The summed E-state index contributed by atoms with van der Waals surface area (Å²) in [5.74, 6) is -0.0455. The zero-order chi connectivity index (χ0) is 11.9. The topological polar surface area (TPSA) is 46.5 Å². The van der Waals surface area contributed by atoms with Gasteiger partial charge in [-0.05, 0) is 40.5 Å². The quantitative estimate of drug-likeness (QED) is 0.729. The molecule has 15 heavy (non-hydrogen) atoms. The highest BCUT2D eigenvalue weighted by atomic mass is 16.6. The maximum Gasteiger partial charge on any atom is 0.311 e. The van der Waals surface area contributed by atoms with E-state index in [2.05, 4.69) is 0 Å². The summed E-state index contributed by atoms with van der Waals surface area (Å²) < 4.78 is 5.36. The second-order valence-corrected chi connectivity index (χ2v) is 5.68. The molecule has 0 radical (unpaired) electrons. The van der Waals surface area contributed by atoms with Gasteiger partial charge in [0.1, 0.15) is 6.10 Å². The average Bonchev–Trinajstić information content (AvgIpc) is 2.83. The molecule has 0 bridgehead atoms. The molecule has 1 fully saturated rings. The summed E-state index contributed by atoms with van der Waals surface area (Å²) in [7, 11) is 0. The standard InChI is InChI=1S/C12H22O3/c1-6-11(2,3)10(13)15-9-7-8(9)12(4,5)14/h8-9,14H,6-7H2,1-5H3. The normalized spacial score (nSPS) is 26.3. The minimum atomic E-state index is -0.735. The van der Waals surface area contributed by atoms with Crippen molar-refractivity contribution in [1.82, 2.24) is 0 Å². The number of hydrogen-bond donors (Lipinski definition) is 1. The summed E-state index contributed by atoms with van der Waals surface area (Å²) in [6.45, 7) is 9.27. The predicted octanol–water partition coefficient (Wildman–Crippen LogP) is 2.13. The van der Waals surface area contributed by atoms with Crippen molar-refractivity contribution in [3.05, 3.63) is 0 Å². The largest absolute Gasteiger partial charge is 0.462 e.